The highest BCUT2D eigenvalue weighted by Gasteiger charge is 2.26. The summed E-state index contributed by atoms with van der Waals surface area (Å²) >= 11 is 0. The molecule has 4 rings (SSSR count). The van der Waals surface area contributed by atoms with Gasteiger partial charge in [-0.25, -0.2) is 9.97 Å². The van der Waals surface area contributed by atoms with Crippen molar-refractivity contribution in [2.75, 3.05) is 42.9 Å². The summed E-state index contributed by atoms with van der Waals surface area (Å²) < 4.78 is 0. The molecule has 5 nitrogen and oxygen atoms in total. The second-order valence-corrected chi connectivity index (χ2v) is 7.30. The van der Waals surface area contributed by atoms with Crippen molar-refractivity contribution in [2.45, 2.75) is 26.3 Å². The maximum absolute atomic E-state index is 4.24. The lowest BCUT2D eigenvalue weighted by Crippen LogP contribution is -2.47. The number of benzene rings is 1. The number of rotatable bonds is 6. The Labute approximate surface area is 150 Å². The maximum Gasteiger partial charge on any atom is 0.129 e. The molecule has 0 unspecified atom stereocenters. The number of piperazine rings is 1. The monoisotopic (exact) mass is 337 g/mol. The third kappa shape index (κ3) is 4.48. The highest BCUT2D eigenvalue weighted by Crippen LogP contribution is 2.30. The van der Waals surface area contributed by atoms with Crippen molar-refractivity contribution in [1.82, 2.24) is 14.9 Å². The SMILES string of the molecule is Cc1cc(NCc2ccc(N3CCN(CC4CC4)CC3)cc2)ncn1. The van der Waals surface area contributed by atoms with Crippen LogP contribution in [0.25, 0.3) is 0 Å². The molecule has 1 aromatic heterocycles. The third-order valence-electron chi connectivity index (χ3n) is 5.16. The first-order valence-electron chi connectivity index (χ1n) is 9.35. The first-order chi connectivity index (χ1) is 12.3. The summed E-state index contributed by atoms with van der Waals surface area (Å²) in [5, 5.41) is 3.36. The van der Waals surface area contributed by atoms with E-state index in [-0.39, 0.29) is 0 Å². The molecule has 1 aliphatic carbocycles. The minimum Gasteiger partial charge on any atom is -0.369 e. The molecule has 2 heterocycles. The summed E-state index contributed by atoms with van der Waals surface area (Å²) in [6.07, 6.45) is 4.50. The number of aromatic nitrogens is 2. The van der Waals surface area contributed by atoms with Gasteiger partial charge in [-0.2, -0.15) is 0 Å². The van der Waals surface area contributed by atoms with E-state index in [1.807, 2.05) is 13.0 Å². The third-order valence-corrected chi connectivity index (χ3v) is 5.16. The maximum atomic E-state index is 4.24. The Morgan fingerprint density at radius 2 is 1.80 bits per heavy atom. The normalized spacial score (nSPS) is 18.4. The Morgan fingerprint density at radius 3 is 2.48 bits per heavy atom. The summed E-state index contributed by atoms with van der Waals surface area (Å²) in [6.45, 7) is 8.77. The van der Waals surface area contributed by atoms with Gasteiger partial charge in [0, 0.05) is 56.7 Å². The van der Waals surface area contributed by atoms with Gasteiger partial charge in [-0.15, -0.1) is 0 Å². The van der Waals surface area contributed by atoms with Crippen molar-refractivity contribution in [3.63, 3.8) is 0 Å². The van der Waals surface area contributed by atoms with Crippen LogP contribution in [0.15, 0.2) is 36.7 Å². The summed E-state index contributed by atoms with van der Waals surface area (Å²) in [4.78, 5) is 13.5. The summed E-state index contributed by atoms with van der Waals surface area (Å²) in [5.74, 6) is 1.88. The minimum absolute atomic E-state index is 0.784. The predicted molar refractivity (Wildman–Crippen MR) is 102 cm³/mol. The average molecular weight is 337 g/mol. The fraction of sp³-hybridized carbons (Fsp3) is 0.500. The van der Waals surface area contributed by atoms with Crippen molar-refractivity contribution in [1.29, 1.82) is 0 Å². The number of anilines is 2. The molecule has 1 saturated carbocycles. The van der Waals surface area contributed by atoms with Gasteiger partial charge in [0.25, 0.3) is 0 Å². The smallest absolute Gasteiger partial charge is 0.129 e. The highest BCUT2D eigenvalue weighted by molar-refractivity contribution is 5.48. The molecule has 132 valence electrons. The van der Waals surface area contributed by atoms with E-state index in [9.17, 15) is 0 Å². The highest BCUT2D eigenvalue weighted by atomic mass is 15.3. The molecule has 1 saturated heterocycles. The van der Waals surface area contributed by atoms with Crippen LogP contribution in [-0.2, 0) is 6.54 Å². The van der Waals surface area contributed by atoms with E-state index in [4.69, 9.17) is 0 Å². The lowest BCUT2D eigenvalue weighted by molar-refractivity contribution is 0.248. The topological polar surface area (TPSA) is 44.3 Å². The van der Waals surface area contributed by atoms with Crippen LogP contribution in [0.5, 0.6) is 0 Å². The van der Waals surface area contributed by atoms with Gasteiger partial charge in [0.1, 0.15) is 12.1 Å². The minimum atomic E-state index is 0.784. The molecule has 2 aliphatic rings. The average Bonchev–Trinajstić information content (AvgIpc) is 3.45. The van der Waals surface area contributed by atoms with Crippen molar-refractivity contribution in [3.8, 4) is 0 Å². The molecule has 0 bridgehead atoms. The van der Waals surface area contributed by atoms with Gasteiger partial charge in [-0.3, -0.25) is 4.90 Å². The van der Waals surface area contributed by atoms with E-state index < -0.39 is 0 Å². The molecular formula is C20H27N5. The zero-order valence-electron chi connectivity index (χ0n) is 15.0. The molecule has 2 fully saturated rings. The quantitative estimate of drug-likeness (QED) is 0.878. The van der Waals surface area contributed by atoms with Gasteiger partial charge in [0.15, 0.2) is 0 Å². The standard InChI is InChI=1S/C20H27N5/c1-16-12-20(23-15-22-16)21-13-17-4-6-19(7-5-17)25-10-8-24(9-11-25)14-18-2-3-18/h4-7,12,15,18H,2-3,8-11,13-14H2,1H3,(H,21,22,23). The molecule has 0 atom stereocenters. The van der Waals surface area contributed by atoms with Crippen LogP contribution < -0.4 is 10.2 Å². The van der Waals surface area contributed by atoms with E-state index in [1.165, 1.54) is 43.7 Å². The van der Waals surface area contributed by atoms with Gasteiger partial charge in [-0.1, -0.05) is 12.1 Å². The summed E-state index contributed by atoms with van der Waals surface area (Å²) in [5.41, 5.74) is 3.59. The summed E-state index contributed by atoms with van der Waals surface area (Å²) in [7, 11) is 0. The Hall–Kier alpha value is -2.14. The van der Waals surface area contributed by atoms with Crippen molar-refractivity contribution < 1.29 is 0 Å². The number of nitrogens with zero attached hydrogens (tertiary/aromatic N) is 4. The van der Waals surface area contributed by atoms with E-state index in [0.29, 0.717) is 0 Å². The fourth-order valence-corrected chi connectivity index (χ4v) is 3.42. The second-order valence-electron chi connectivity index (χ2n) is 7.30. The number of aryl methyl sites for hydroxylation is 1. The second kappa shape index (κ2) is 7.40. The van der Waals surface area contributed by atoms with Crippen molar-refractivity contribution >= 4 is 11.5 Å². The lowest BCUT2D eigenvalue weighted by Gasteiger charge is -2.36. The molecular weight excluding hydrogens is 310 g/mol. The molecule has 1 aromatic carbocycles. The molecule has 1 aliphatic heterocycles. The van der Waals surface area contributed by atoms with Gasteiger partial charge in [-0.05, 0) is 43.4 Å². The molecule has 1 N–H and O–H groups in total. The van der Waals surface area contributed by atoms with E-state index in [0.717, 1.165) is 37.1 Å². The lowest BCUT2D eigenvalue weighted by atomic mass is 10.1. The zero-order chi connectivity index (χ0) is 17.1. The van der Waals surface area contributed by atoms with Crippen molar-refractivity contribution in [2.24, 2.45) is 5.92 Å². The summed E-state index contributed by atoms with van der Waals surface area (Å²) in [6, 6.07) is 10.9. The van der Waals surface area contributed by atoms with E-state index in [2.05, 4.69) is 49.4 Å². The molecule has 25 heavy (non-hydrogen) atoms. The van der Waals surface area contributed by atoms with Crippen molar-refractivity contribution in [3.05, 3.63) is 47.9 Å². The Bertz CT molecular complexity index is 687. The molecule has 0 amide bonds. The Balaban J connectivity index is 1.28. The molecule has 0 spiro atoms. The first kappa shape index (κ1) is 16.3. The molecule has 0 radical (unpaired) electrons. The van der Waals surface area contributed by atoms with Gasteiger partial charge < -0.3 is 10.2 Å². The van der Waals surface area contributed by atoms with Gasteiger partial charge in [0.2, 0.25) is 0 Å². The number of hydrogen-bond donors (Lipinski definition) is 1. The van der Waals surface area contributed by atoms with E-state index in [1.54, 1.807) is 6.33 Å². The van der Waals surface area contributed by atoms with Crippen LogP contribution in [0.2, 0.25) is 0 Å². The van der Waals surface area contributed by atoms with Gasteiger partial charge in [0.05, 0.1) is 0 Å². The Kier molecular flexibility index (Phi) is 4.83. The van der Waals surface area contributed by atoms with Crippen LogP contribution in [0.3, 0.4) is 0 Å². The first-order valence-corrected chi connectivity index (χ1v) is 9.35. The Morgan fingerprint density at radius 1 is 1.04 bits per heavy atom. The zero-order valence-corrected chi connectivity index (χ0v) is 15.0. The molecule has 2 aromatic rings. The van der Waals surface area contributed by atoms with Gasteiger partial charge >= 0.3 is 0 Å². The van der Waals surface area contributed by atoms with Crippen LogP contribution >= 0.6 is 0 Å². The van der Waals surface area contributed by atoms with E-state index >= 15 is 0 Å². The van der Waals surface area contributed by atoms with Crippen LogP contribution in [0, 0.1) is 12.8 Å². The number of nitrogens with one attached hydrogen (secondary N) is 1. The largest absolute Gasteiger partial charge is 0.369 e. The van der Waals surface area contributed by atoms with Crippen LogP contribution in [-0.4, -0.2) is 47.6 Å². The fourth-order valence-electron chi connectivity index (χ4n) is 3.42. The predicted octanol–water partition coefficient (Wildman–Crippen LogP) is 2.93. The number of hydrogen-bond acceptors (Lipinski definition) is 5. The van der Waals surface area contributed by atoms with Crippen LogP contribution in [0.4, 0.5) is 11.5 Å². The molecule has 5 heteroatoms. The van der Waals surface area contributed by atoms with Crippen LogP contribution in [0.1, 0.15) is 24.1 Å².